The molecular formula is C21H20ClN3S. The SMILES string of the molecule is Cc1cc2c(cc1C)C(Cl)=C(c1n[nH]c(=S)n1-c1ccccc1)CCC2. The second-order valence-corrected chi connectivity index (χ2v) is 7.53. The molecule has 1 aliphatic rings. The summed E-state index contributed by atoms with van der Waals surface area (Å²) in [5, 5.41) is 8.25. The first-order chi connectivity index (χ1) is 12.6. The van der Waals surface area contributed by atoms with E-state index >= 15 is 0 Å². The number of hydrogen-bond acceptors (Lipinski definition) is 2. The first-order valence-corrected chi connectivity index (χ1v) is 9.57. The minimum absolute atomic E-state index is 0.577. The first-order valence-electron chi connectivity index (χ1n) is 8.78. The molecule has 1 heterocycles. The van der Waals surface area contributed by atoms with Crippen molar-refractivity contribution in [1.82, 2.24) is 14.8 Å². The van der Waals surface area contributed by atoms with Crippen molar-refractivity contribution >= 4 is 34.4 Å². The predicted octanol–water partition coefficient (Wildman–Crippen LogP) is 5.99. The van der Waals surface area contributed by atoms with Crippen LogP contribution < -0.4 is 0 Å². The number of benzene rings is 2. The molecule has 0 saturated heterocycles. The topological polar surface area (TPSA) is 33.6 Å². The van der Waals surface area contributed by atoms with Gasteiger partial charge in [-0.15, -0.1) is 0 Å². The predicted molar refractivity (Wildman–Crippen MR) is 110 cm³/mol. The van der Waals surface area contributed by atoms with Crippen LogP contribution in [0.2, 0.25) is 0 Å². The standard InChI is InChI=1S/C21H20ClN3S/c1-13-11-15-7-6-10-17(19(22)18(15)12-14(13)2)20-23-24-21(26)25(20)16-8-4-3-5-9-16/h3-5,8-9,11-12H,6-7,10H2,1-2H3,(H,24,26). The largest absolute Gasteiger partial charge is 0.268 e. The van der Waals surface area contributed by atoms with Crippen LogP contribution in [-0.2, 0) is 6.42 Å². The minimum Gasteiger partial charge on any atom is -0.268 e. The normalized spacial score (nSPS) is 14.3. The molecule has 3 nitrogen and oxygen atoms in total. The number of fused-ring (bicyclic) bond motifs is 1. The Bertz CT molecular complexity index is 1060. The summed E-state index contributed by atoms with van der Waals surface area (Å²) in [6.07, 6.45) is 2.93. The highest BCUT2D eigenvalue weighted by atomic mass is 35.5. The summed E-state index contributed by atoms with van der Waals surface area (Å²) in [5.41, 5.74) is 7.03. The number of aromatic nitrogens is 3. The van der Waals surface area contributed by atoms with E-state index in [2.05, 4.69) is 36.2 Å². The van der Waals surface area contributed by atoms with E-state index in [1.54, 1.807) is 0 Å². The highest BCUT2D eigenvalue weighted by Gasteiger charge is 2.22. The molecule has 0 saturated carbocycles. The number of para-hydroxylation sites is 1. The van der Waals surface area contributed by atoms with Crippen molar-refractivity contribution in [2.75, 3.05) is 0 Å². The lowest BCUT2D eigenvalue weighted by Crippen LogP contribution is -2.02. The van der Waals surface area contributed by atoms with E-state index in [1.165, 1.54) is 16.7 Å². The molecule has 1 aliphatic carbocycles. The maximum Gasteiger partial charge on any atom is 0.200 e. The Morgan fingerprint density at radius 3 is 2.58 bits per heavy atom. The summed E-state index contributed by atoms with van der Waals surface area (Å²) < 4.78 is 2.55. The second-order valence-electron chi connectivity index (χ2n) is 6.76. The first kappa shape index (κ1) is 17.3. The molecule has 1 N–H and O–H groups in total. The van der Waals surface area contributed by atoms with Crippen LogP contribution >= 0.6 is 23.8 Å². The average Bonchev–Trinajstić information content (AvgIpc) is 2.95. The zero-order chi connectivity index (χ0) is 18.3. The van der Waals surface area contributed by atoms with Gasteiger partial charge in [0.2, 0.25) is 0 Å². The molecule has 0 bridgehead atoms. The average molecular weight is 382 g/mol. The van der Waals surface area contributed by atoms with Crippen molar-refractivity contribution in [3.8, 4) is 5.69 Å². The fourth-order valence-electron chi connectivity index (χ4n) is 3.54. The van der Waals surface area contributed by atoms with Gasteiger partial charge >= 0.3 is 0 Å². The van der Waals surface area contributed by atoms with Crippen molar-refractivity contribution < 1.29 is 0 Å². The Morgan fingerprint density at radius 2 is 1.81 bits per heavy atom. The highest BCUT2D eigenvalue weighted by molar-refractivity contribution is 7.71. The molecule has 0 amide bonds. The quantitative estimate of drug-likeness (QED) is 0.553. The number of nitrogens with one attached hydrogen (secondary N) is 1. The van der Waals surface area contributed by atoms with Crippen LogP contribution in [0.25, 0.3) is 16.3 Å². The van der Waals surface area contributed by atoms with E-state index in [-0.39, 0.29) is 0 Å². The zero-order valence-electron chi connectivity index (χ0n) is 14.8. The molecule has 4 rings (SSSR count). The van der Waals surface area contributed by atoms with Crippen molar-refractivity contribution in [3.63, 3.8) is 0 Å². The van der Waals surface area contributed by atoms with Crippen LogP contribution in [-0.4, -0.2) is 14.8 Å². The maximum absolute atomic E-state index is 6.92. The molecule has 5 heteroatoms. The Kier molecular flexibility index (Phi) is 4.55. The summed E-state index contributed by atoms with van der Waals surface area (Å²) >= 11 is 12.4. The van der Waals surface area contributed by atoms with Gasteiger partial charge in [-0.1, -0.05) is 35.9 Å². The molecule has 0 fully saturated rings. The van der Waals surface area contributed by atoms with Crippen molar-refractivity contribution in [3.05, 3.63) is 75.3 Å². The summed E-state index contributed by atoms with van der Waals surface area (Å²) in [5.74, 6) is 0.803. The molecule has 1 aromatic heterocycles. The molecule has 0 spiro atoms. The van der Waals surface area contributed by atoms with Gasteiger partial charge in [-0.25, -0.2) is 0 Å². The molecule has 0 aliphatic heterocycles. The third-order valence-electron chi connectivity index (χ3n) is 5.05. The highest BCUT2D eigenvalue weighted by Crippen LogP contribution is 2.39. The van der Waals surface area contributed by atoms with Gasteiger partial charge in [-0.05, 0) is 85.8 Å². The second kappa shape index (κ2) is 6.86. The van der Waals surface area contributed by atoms with Crippen LogP contribution in [0, 0.1) is 18.6 Å². The van der Waals surface area contributed by atoms with Gasteiger partial charge in [0.05, 0.1) is 5.03 Å². The lowest BCUT2D eigenvalue weighted by molar-refractivity contribution is 0.847. The van der Waals surface area contributed by atoms with Gasteiger partial charge in [0, 0.05) is 11.3 Å². The fraction of sp³-hybridized carbons (Fsp3) is 0.238. The number of allylic oxidation sites excluding steroid dienone is 1. The number of aryl methyl sites for hydroxylation is 3. The Balaban J connectivity index is 1.93. The molecule has 0 radical (unpaired) electrons. The van der Waals surface area contributed by atoms with E-state index in [1.807, 2.05) is 34.9 Å². The smallest absolute Gasteiger partial charge is 0.200 e. The summed E-state index contributed by atoms with van der Waals surface area (Å²) in [4.78, 5) is 0. The van der Waals surface area contributed by atoms with Crippen molar-refractivity contribution in [1.29, 1.82) is 0 Å². The van der Waals surface area contributed by atoms with Crippen LogP contribution in [0.4, 0.5) is 0 Å². The van der Waals surface area contributed by atoms with Gasteiger partial charge in [-0.2, -0.15) is 5.10 Å². The molecule has 132 valence electrons. The maximum atomic E-state index is 6.92. The third kappa shape index (κ3) is 2.93. The van der Waals surface area contributed by atoms with E-state index in [0.717, 1.165) is 46.9 Å². The van der Waals surface area contributed by atoms with Gasteiger partial charge in [0.15, 0.2) is 10.6 Å². The van der Waals surface area contributed by atoms with Gasteiger partial charge in [0.1, 0.15) is 0 Å². The van der Waals surface area contributed by atoms with Crippen molar-refractivity contribution in [2.24, 2.45) is 0 Å². The number of nitrogens with zero attached hydrogens (tertiary/aromatic N) is 2. The van der Waals surface area contributed by atoms with Gasteiger partial charge in [0.25, 0.3) is 0 Å². The fourth-order valence-corrected chi connectivity index (χ4v) is 4.13. The third-order valence-corrected chi connectivity index (χ3v) is 5.76. The molecule has 0 unspecified atom stereocenters. The summed E-state index contributed by atoms with van der Waals surface area (Å²) in [6, 6.07) is 14.5. The number of rotatable bonds is 2. The van der Waals surface area contributed by atoms with E-state index < -0.39 is 0 Å². The molecular weight excluding hydrogens is 362 g/mol. The minimum atomic E-state index is 0.577. The van der Waals surface area contributed by atoms with Gasteiger partial charge in [-0.3, -0.25) is 9.67 Å². The molecule has 2 aromatic carbocycles. The van der Waals surface area contributed by atoms with Crippen LogP contribution in [0.1, 0.15) is 40.9 Å². The monoisotopic (exact) mass is 381 g/mol. The number of hydrogen-bond donors (Lipinski definition) is 1. The van der Waals surface area contributed by atoms with Crippen LogP contribution in [0.3, 0.4) is 0 Å². The van der Waals surface area contributed by atoms with Crippen molar-refractivity contribution in [2.45, 2.75) is 33.1 Å². The summed E-state index contributed by atoms with van der Waals surface area (Å²) in [7, 11) is 0. The van der Waals surface area contributed by atoms with Crippen LogP contribution in [0.15, 0.2) is 42.5 Å². The Hall–Kier alpha value is -2.17. The van der Waals surface area contributed by atoms with Gasteiger partial charge < -0.3 is 0 Å². The number of aromatic amines is 1. The lowest BCUT2D eigenvalue weighted by atomic mass is 9.98. The van der Waals surface area contributed by atoms with E-state index in [0.29, 0.717) is 4.77 Å². The number of H-pyrrole nitrogens is 1. The Labute approximate surface area is 163 Å². The molecule has 0 atom stereocenters. The van der Waals surface area contributed by atoms with E-state index in [9.17, 15) is 0 Å². The summed E-state index contributed by atoms with van der Waals surface area (Å²) in [6.45, 7) is 4.28. The number of halogens is 1. The van der Waals surface area contributed by atoms with E-state index in [4.69, 9.17) is 23.8 Å². The van der Waals surface area contributed by atoms with Crippen LogP contribution in [0.5, 0.6) is 0 Å². The zero-order valence-corrected chi connectivity index (χ0v) is 16.4. The molecule has 26 heavy (non-hydrogen) atoms. The molecule has 3 aromatic rings. The lowest BCUT2D eigenvalue weighted by Gasteiger charge is -2.13. The Morgan fingerprint density at radius 1 is 1.08 bits per heavy atom.